The van der Waals surface area contributed by atoms with Crippen LogP contribution in [0.25, 0.3) is 11.4 Å². The number of benzene rings is 2. The standard InChI is InChI=1S/C20H25N2P/c1-13-9-15(3)19(16(4)10-13)21-7-8-22(23-21)20-17(5)11-14(2)12-18(20)6/h7-12,23H,1-6H3/q+2. The first-order valence-electron chi connectivity index (χ1n) is 8.05. The Morgan fingerprint density at radius 3 is 1.17 bits per heavy atom. The molecular weight excluding hydrogens is 299 g/mol. The van der Waals surface area contributed by atoms with Gasteiger partial charge in [0.05, 0.1) is 0 Å². The topological polar surface area (TPSA) is 7.76 Å². The van der Waals surface area contributed by atoms with E-state index in [0.29, 0.717) is 8.51 Å². The van der Waals surface area contributed by atoms with E-state index in [4.69, 9.17) is 0 Å². The number of nitrogens with zero attached hydrogens (tertiary/aromatic N) is 2. The van der Waals surface area contributed by atoms with Gasteiger partial charge in [0.2, 0.25) is 23.8 Å². The normalized spacial score (nSPS) is 11.0. The zero-order chi connectivity index (χ0) is 16.7. The average Bonchev–Trinajstić information content (AvgIpc) is 2.85. The van der Waals surface area contributed by atoms with Crippen molar-refractivity contribution in [1.29, 1.82) is 0 Å². The van der Waals surface area contributed by atoms with Crippen molar-refractivity contribution in [3.63, 3.8) is 0 Å². The van der Waals surface area contributed by atoms with Crippen LogP contribution in [0.1, 0.15) is 33.4 Å². The fraction of sp³-hybridized carbons (Fsp3) is 0.300. The fourth-order valence-electron chi connectivity index (χ4n) is 3.67. The van der Waals surface area contributed by atoms with E-state index in [0.717, 1.165) is 0 Å². The van der Waals surface area contributed by atoms with Crippen LogP contribution in [0.4, 0.5) is 0 Å². The minimum atomic E-state index is 0.580. The highest BCUT2D eigenvalue weighted by Crippen LogP contribution is 2.20. The van der Waals surface area contributed by atoms with E-state index >= 15 is 0 Å². The van der Waals surface area contributed by atoms with Gasteiger partial charge in [-0.25, -0.2) is 0 Å². The van der Waals surface area contributed by atoms with Crippen molar-refractivity contribution in [2.75, 3.05) is 0 Å². The second-order valence-corrected chi connectivity index (χ2v) is 7.80. The summed E-state index contributed by atoms with van der Waals surface area (Å²) in [7, 11) is 0.580. The molecule has 3 aromatic rings. The van der Waals surface area contributed by atoms with Gasteiger partial charge in [-0.1, -0.05) is 11.1 Å². The molecule has 0 aliphatic heterocycles. The monoisotopic (exact) mass is 324 g/mol. The number of hydrogen-bond donors (Lipinski definition) is 0. The maximum Gasteiger partial charge on any atom is 0.399 e. The molecule has 0 spiro atoms. The minimum absolute atomic E-state index is 0.580. The molecule has 0 aliphatic rings. The molecule has 1 aromatic heterocycles. The van der Waals surface area contributed by atoms with Gasteiger partial charge in [0, 0.05) is 22.3 Å². The lowest BCUT2D eigenvalue weighted by Crippen LogP contribution is -2.31. The Bertz CT molecular complexity index is 772. The Morgan fingerprint density at radius 2 is 0.870 bits per heavy atom. The molecular formula is C20H25N2P+2. The third kappa shape index (κ3) is 2.96. The molecule has 0 saturated carbocycles. The maximum atomic E-state index is 2.38. The lowest BCUT2D eigenvalue weighted by Gasteiger charge is -2.04. The van der Waals surface area contributed by atoms with Gasteiger partial charge in [-0.2, -0.15) is 0 Å². The van der Waals surface area contributed by atoms with Gasteiger partial charge in [-0.05, 0) is 65.8 Å². The summed E-state index contributed by atoms with van der Waals surface area (Å²) in [4.78, 5) is 0. The first-order valence-corrected chi connectivity index (χ1v) is 8.95. The highest BCUT2D eigenvalue weighted by atomic mass is 31.1. The van der Waals surface area contributed by atoms with E-state index in [-0.39, 0.29) is 0 Å². The van der Waals surface area contributed by atoms with Crippen molar-refractivity contribution in [2.45, 2.75) is 41.5 Å². The number of aryl methyl sites for hydroxylation is 6. The molecule has 0 radical (unpaired) electrons. The van der Waals surface area contributed by atoms with E-state index in [1.807, 2.05) is 0 Å². The summed E-state index contributed by atoms with van der Waals surface area (Å²) < 4.78 is 4.76. The highest BCUT2D eigenvalue weighted by Gasteiger charge is 2.23. The lowest BCUT2D eigenvalue weighted by atomic mass is 10.1. The Labute approximate surface area is 140 Å². The molecule has 1 heterocycles. The Kier molecular flexibility index (Phi) is 4.12. The molecule has 23 heavy (non-hydrogen) atoms. The van der Waals surface area contributed by atoms with Gasteiger partial charge < -0.3 is 0 Å². The van der Waals surface area contributed by atoms with E-state index in [9.17, 15) is 0 Å². The highest BCUT2D eigenvalue weighted by molar-refractivity contribution is 7.12. The quantitative estimate of drug-likeness (QED) is 0.670. The second-order valence-electron chi connectivity index (χ2n) is 6.63. The summed E-state index contributed by atoms with van der Waals surface area (Å²) >= 11 is 0. The van der Waals surface area contributed by atoms with Crippen molar-refractivity contribution in [2.24, 2.45) is 0 Å². The van der Waals surface area contributed by atoms with Gasteiger partial charge in [-0.15, -0.1) is 8.66 Å². The molecule has 0 bridgehead atoms. The number of hydrogen-bond acceptors (Lipinski definition) is 0. The largest absolute Gasteiger partial charge is 0.399 e. The third-order valence-corrected chi connectivity index (χ3v) is 5.51. The van der Waals surface area contributed by atoms with Crippen LogP contribution in [0.2, 0.25) is 0 Å². The van der Waals surface area contributed by atoms with Crippen LogP contribution in [0.3, 0.4) is 0 Å². The van der Waals surface area contributed by atoms with Gasteiger partial charge in [-0.3, -0.25) is 0 Å². The molecule has 0 N–H and O–H groups in total. The van der Waals surface area contributed by atoms with Crippen LogP contribution in [0.15, 0.2) is 36.7 Å². The molecule has 118 valence electrons. The van der Waals surface area contributed by atoms with Crippen molar-refractivity contribution >= 4 is 8.51 Å². The molecule has 0 saturated heterocycles. The Hall–Kier alpha value is -1.92. The summed E-state index contributed by atoms with van der Waals surface area (Å²) in [5, 5.41) is 0. The fourth-order valence-corrected chi connectivity index (χ4v) is 5.07. The lowest BCUT2D eigenvalue weighted by molar-refractivity contribution is -0.563. The van der Waals surface area contributed by atoms with Crippen LogP contribution in [-0.2, 0) is 0 Å². The molecule has 2 nitrogen and oxygen atoms in total. The molecule has 0 amide bonds. The van der Waals surface area contributed by atoms with E-state index in [2.05, 4.69) is 86.9 Å². The first-order chi connectivity index (χ1) is 10.9. The van der Waals surface area contributed by atoms with Crippen LogP contribution in [0, 0.1) is 41.5 Å². The van der Waals surface area contributed by atoms with Crippen molar-refractivity contribution in [3.8, 4) is 11.4 Å². The van der Waals surface area contributed by atoms with Gasteiger partial charge >= 0.3 is 8.51 Å². The maximum absolute atomic E-state index is 2.38. The third-order valence-electron chi connectivity index (χ3n) is 4.33. The van der Waals surface area contributed by atoms with Crippen molar-refractivity contribution < 1.29 is 8.66 Å². The molecule has 0 aliphatic carbocycles. The summed E-state index contributed by atoms with van der Waals surface area (Å²) in [6.07, 6.45) is 4.42. The smallest absolute Gasteiger partial charge is 0.102 e. The Morgan fingerprint density at radius 1 is 0.565 bits per heavy atom. The predicted octanol–water partition coefficient (Wildman–Crippen LogP) is 4.12. The summed E-state index contributed by atoms with van der Waals surface area (Å²) in [5.74, 6) is 0. The summed E-state index contributed by atoms with van der Waals surface area (Å²) in [5.41, 5.74) is 10.7. The van der Waals surface area contributed by atoms with E-state index in [1.165, 1.54) is 44.8 Å². The minimum Gasteiger partial charge on any atom is -0.102 e. The van der Waals surface area contributed by atoms with Gasteiger partial charge in [0.15, 0.2) is 0 Å². The second kappa shape index (κ2) is 5.94. The van der Waals surface area contributed by atoms with Crippen LogP contribution < -0.4 is 8.66 Å². The molecule has 0 atom stereocenters. The summed E-state index contributed by atoms with van der Waals surface area (Å²) in [6.45, 7) is 13.2. The molecule has 0 unspecified atom stereocenters. The Balaban J connectivity index is 2.13. The molecule has 3 heteroatoms. The summed E-state index contributed by atoms with van der Waals surface area (Å²) in [6, 6.07) is 9.08. The zero-order valence-electron chi connectivity index (χ0n) is 14.9. The van der Waals surface area contributed by atoms with Crippen LogP contribution in [-0.4, -0.2) is 0 Å². The van der Waals surface area contributed by atoms with Crippen LogP contribution in [0.5, 0.6) is 0 Å². The number of aromatic nitrogens is 2. The van der Waals surface area contributed by atoms with E-state index in [1.54, 1.807) is 0 Å². The molecule has 3 rings (SSSR count). The predicted molar refractivity (Wildman–Crippen MR) is 97.4 cm³/mol. The van der Waals surface area contributed by atoms with Gasteiger partial charge in [0.25, 0.3) is 0 Å². The van der Waals surface area contributed by atoms with Crippen molar-refractivity contribution in [1.82, 2.24) is 0 Å². The zero-order valence-corrected chi connectivity index (χ0v) is 15.9. The van der Waals surface area contributed by atoms with Gasteiger partial charge in [0.1, 0.15) is 0 Å². The molecule has 2 aromatic carbocycles. The van der Waals surface area contributed by atoms with Crippen LogP contribution >= 0.6 is 8.51 Å². The SMILES string of the molecule is Cc1cc(C)c(-[n+]2cc[n+](-c3c(C)cc(C)cc3C)[pH]2)c(C)c1. The first kappa shape index (κ1) is 16.0. The van der Waals surface area contributed by atoms with Crippen molar-refractivity contribution in [3.05, 3.63) is 70.0 Å². The molecule has 0 fully saturated rings. The number of rotatable bonds is 2. The average molecular weight is 324 g/mol. The van der Waals surface area contributed by atoms with E-state index < -0.39 is 0 Å².